The smallest absolute Gasteiger partial charge is 0.407 e. The van der Waals surface area contributed by atoms with Crippen LogP contribution in [0.25, 0.3) is 0 Å². The summed E-state index contributed by atoms with van der Waals surface area (Å²) in [5, 5.41) is 13.7. The topological polar surface area (TPSA) is 209 Å². The molecule has 2 heterocycles. The Labute approximate surface area is 371 Å². The molecule has 0 aromatic heterocycles. The summed E-state index contributed by atoms with van der Waals surface area (Å²) in [5.74, 6) is -0.699. The van der Waals surface area contributed by atoms with Crippen molar-refractivity contribution < 1.29 is 43.0 Å². The van der Waals surface area contributed by atoms with Crippen LogP contribution in [0.3, 0.4) is 0 Å². The van der Waals surface area contributed by atoms with Crippen LogP contribution in [0, 0.1) is 5.92 Å². The molecule has 6 rings (SSSR count). The number of alkyl carbamates (subject to hydrolysis) is 1. The van der Waals surface area contributed by atoms with Gasteiger partial charge in [-0.2, -0.15) is 0 Å². The molecule has 2 aliphatic heterocycles. The second kappa shape index (κ2) is 23.3. The number of carbonyl (C=O) groups excluding carboxylic acids is 6. The molecule has 0 aliphatic carbocycles. The number of carbonyl (C=O) groups is 6. The number of piperidine rings is 1. The Morgan fingerprint density at radius 3 is 2.31 bits per heavy atom. The van der Waals surface area contributed by atoms with Gasteiger partial charge in [-0.1, -0.05) is 72.8 Å². The molecule has 1 fully saturated rings. The van der Waals surface area contributed by atoms with E-state index < -0.39 is 30.2 Å². The monoisotopic (exact) mass is 874 g/mol. The van der Waals surface area contributed by atoms with Gasteiger partial charge in [-0.15, -0.1) is 0 Å². The van der Waals surface area contributed by atoms with Crippen LogP contribution in [0.1, 0.15) is 48.4 Å². The average Bonchev–Trinajstić information content (AvgIpc) is 3.40. The zero-order chi connectivity index (χ0) is 45.3. The minimum atomic E-state index is -1.20. The normalized spacial score (nSPS) is 15.1. The standard InChI is InChI=1S/C47H54N8O9/c1-32(56)63-31-41(57)48-21-10-26-62-38-16-9-11-33(28-38)29-55-24-19-36(20-25-55)44(58)49-22-23-50-47(61)64-30-34-12-8-15-37(27-34)51-46(60)53-43-45(59)54(2)40-18-7-6-17-39(40)42(52-43)35-13-4-3-5-14-35/h3-9,11-18,27-28,36,43H,10,19-26,29-31H2,1-2H3,(H,48,57)(H,49,58)(H,50,61)(H2,51,53,60)/t43-/m0/s1. The van der Waals surface area contributed by atoms with Gasteiger partial charge in [-0.3, -0.25) is 24.1 Å². The minimum absolute atomic E-state index is 0.0508. The van der Waals surface area contributed by atoms with Gasteiger partial charge in [-0.05, 0) is 73.8 Å². The zero-order valence-electron chi connectivity index (χ0n) is 36.0. The van der Waals surface area contributed by atoms with E-state index in [2.05, 4.69) is 36.2 Å². The van der Waals surface area contributed by atoms with Crippen molar-refractivity contribution in [3.63, 3.8) is 0 Å². The molecule has 4 aromatic carbocycles. The SMILES string of the molecule is CC(=O)OCC(=O)NCCCOc1cccc(CN2CCC(C(=O)NCCNC(=O)OCc3cccc(NC(=O)N[C@@H]4N=C(c5ccccc5)c5ccccc5N(C)C4=O)c3)CC2)c1. The van der Waals surface area contributed by atoms with Gasteiger partial charge in [0.1, 0.15) is 12.4 Å². The van der Waals surface area contributed by atoms with Crippen LogP contribution in [-0.4, -0.2) is 106 Å². The van der Waals surface area contributed by atoms with E-state index in [1.54, 1.807) is 31.3 Å². The number of likely N-dealkylation sites (tertiary alicyclic amines) is 1. The number of ether oxygens (including phenoxy) is 3. The number of nitrogens with zero attached hydrogens (tertiary/aromatic N) is 3. The number of urea groups is 1. The number of fused-ring (bicyclic) bond motifs is 1. The lowest BCUT2D eigenvalue weighted by molar-refractivity contribution is -0.146. The molecule has 2 aliphatic rings. The fourth-order valence-corrected chi connectivity index (χ4v) is 7.22. The minimum Gasteiger partial charge on any atom is -0.494 e. The number of anilines is 2. The number of hydrogen-bond acceptors (Lipinski definition) is 11. The van der Waals surface area contributed by atoms with Crippen LogP contribution >= 0.6 is 0 Å². The van der Waals surface area contributed by atoms with E-state index in [4.69, 9.17) is 14.5 Å². The van der Waals surface area contributed by atoms with Crippen LogP contribution in [-0.2, 0) is 41.8 Å². The van der Waals surface area contributed by atoms with E-state index in [0.29, 0.717) is 55.1 Å². The third kappa shape index (κ3) is 13.9. The van der Waals surface area contributed by atoms with Crippen molar-refractivity contribution in [3.8, 4) is 5.75 Å². The van der Waals surface area contributed by atoms with Crippen molar-refractivity contribution >= 4 is 52.9 Å². The van der Waals surface area contributed by atoms with Gasteiger partial charge in [0, 0.05) is 62.9 Å². The second-order valence-electron chi connectivity index (χ2n) is 15.3. The highest BCUT2D eigenvalue weighted by atomic mass is 16.5. The van der Waals surface area contributed by atoms with E-state index in [0.717, 1.165) is 42.1 Å². The van der Waals surface area contributed by atoms with Crippen molar-refractivity contribution in [2.75, 3.05) is 63.2 Å². The van der Waals surface area contributed by atoms with Gasteiger partial charge in [0.2, 0.25) is 12.1 Å². The lowest BCUT2D eigenvalue weighted by Gasteiger charge is -2.31. The van der Waals surface area contributed by atoms with Gasteiger partial charge in [0.05, 0.1) is 18.0 Å². The maximum absolute atomic E-state index is 13.5. The molecule has 1 atom stereocenters. The Kier molecular flexibility index (Phi) is 16.8. The Balaban J connectivity index is 0.860. The molecule has 5 N–H and O–H groups in total. The van der Waals surface area contributed by atoms with Crippen molar-refractivity contribution in [3.05, 3.63) is 125 Å². The summed E-state index contributed by atoms with van der Waals surface area (Å²) in [5.41, 5.74) is 4.96. The third-order valence-corrected chi connectivity index (χ3v) is 10.5. The van der Waals surface area contributed by atoms with Crippen LogP contribution in [0.4, 0.5) is 21.0 Å². The van der Waals surface area contributed by atoms with Gasteiger partial charge in [0.15, 0.2) is 6.61 Å². The number of likely N-dealkylation sites (N-methyl/N-ethyl adjacent to an activating group) is 1. The summed E-state index contributed by atoms with van der Waals surface area (Å²) >= 11 is 0. The lowest BCUT2D eigenvalue weighted by Crippen LogP contribution is -2.47. The predicted octanol–water partition coefficient (Wildman–Crippen LogP) is 4.35. The Morgan fingerprint density at radius 1 is 0.781 bits per heavy atom. The number of benzodiazepines with no additional fused rings is 1. The van der Waals surface area contributed by atoms with E-state index in [9.17, 15) is 28.8 Å². The summed E-state index contributed by atoms with van der Waals surface area (Å²) < 4.78 is 15.9. The molecule has 336 valence electrons. The van der Waals surface area contributed by atoms with Crippen LogP contribution in [0.5, 0.6) is 5.75 Å². The highest BCUT2D eigenvalue weighted by molar-refractivity contribution is 6.20. The highest BCUT2D eigenvalue weighted by Crippen LogP contribution is 2.27. The lowest BCUT2D eigenvalue weighted by atomic mass is 9.95. The number of amides is 6. The molecule has 17 heteroatoms. The zero-order valence-corrected chi connectivity index (χ0v) is 36.0. The van der Waals surface area contributed by atoms with Gasteiger partial charge in [-0.25, -0.2) is 14.6 Å². The van der Waals surface area contributed by atoms with Crippen LogP contribution in [0.2, 0.25) is 0 Å². The van der Waals surface area contributed by atoms with E-state index in [1.807, 2.05) is 78.9 Å². The number of aliphatic imine (C=N–C) groups is 1. The number of hydrogen-bond donors (Lipinski definition) is 5. The molecule has 0 spiro atoms. The first kappa shape index (κ1) is 46.2. The fraction of sp³-hybridized carbons (Fsp3) is 0.340. The Morgan fingerprint density at radius 2 is 1.52 bits per heavy atom. The second-order valence-corrected chi connectivity index (χ2v) is 15.3. The first-order chi connectivity index (χ1) is 31.0. The molecule has 4 aromatic rings. The number of esters is 1. The molecule has 0 bridgehead atoms. The number of para-hydroxylation sites is 1. The van der Waals surface area contributed by atoms with Gasteiger partial charge in [0.25, 0.3) is 11.8 Å². The van der Waals surface area contributed by atoms with Crippen LogP contribution in [0.15, 0.2) is 108 Å². The molecule has 0 radical (unpaired) electrons. The number of rotatable bonds is 18. The first-order valence-corrected chi connectivity index (χ1v) is 21.2. The van der Waals surface area contributed by atoms with E-state index in [-0.39, 0.29) is 44.0 Å². The predicted molar refractivity (Wildman–Crippen MR) is 240 cm³/mol. The van der Waals surface area contributed by atoms with E-state index in [1.165, 1.54) is 11.8 Å². The van der Waals surface area contributed by atoms with Crippen molar-refractivity contribution in [2.45, 2.75) is 45.5 Å². The van der Waals surface area contributed by atoms with Crippen molar-refractivity contribution in [1.82, 2.24) is 26.2 Å². The highest BCUT2D eigenvalue weighted by Gasteiger charge is 2.31. The fourth-order valence-electron chi connectivity index (χ4n) is 7.22. The molecule has 0 saturated carbocycles. The molecular weight excluding hydrogens is 821 g/mol. The maximum atomic E-state index is 13.5. The molecule has 0 unspecified atom stereocenters. The molecule has 64 heavy (non-hydrogen) atoms. The quantitative estimate of drug-likeness (QED) is 0.0706. The molecule has 6 amide bonds. The van der Waals surface area contributed by atoms with Crippen molar-refractivity contribution in [1.29, 1.82) is 0 Å². The maximum Gasteiger partial charge on any atom is 0.407 e. The Bertz CT molecular complexity index is 2300. The average molecular weight is 875 g/mol. The van der Waals surface area contributed by atoms with Crippen LogP contribution < -0.4 is 36.2 Å². The summed E-state index contributed by atoms with van der Waals surface area (Å²) in [4.78, 5) is 83.0. The van der Waals surface area contributed by atoms with Gasteiger partial charge >= 0.3 is 18.1 Å². The number of benzene rings is 4. The molecule has 1 saturated heterocycles. The first-order valence-electron chi connectivity index (χ1n) is 21.2. The largest absolute Gasteiger partial charge is 0.494 e. The summed E-state index contributed by atoms with van der Waals surface area (Å²) in [6.07, 6.45) is 0.172. The molecule has 17 nitrogen and oxygen atoms in total. The summed E-state index contributed by atoms with van der Waals surface area (Å²) in [6.45, 7) is 4.39. The van der Waals surface area contributed by atoms with E-state index >= 15 is 0 Å². The Hall–Kier alpha value is -7.27. The molecular formula is C47H54N8O9. The number of nitrogens with one attached hydrogen (secondary N) is 5. The summed E-state index contributed by atoms with van der Waals surface area (Å²) in [6, 6.07) is 30.9. The van der Waals surface area contributed by atoms with Crippen molar-refractivity contribution in [2.24, 2.45) is 10.9 Å². The third-order valence-electron chi connectivity index (χ3n) is 10.5. The van der Waals surface area contributed by atoms with Gasteiger partial charge < -0.3 is 45.7 Å². The summed E-state index contributed by atoms with van der Waals surface area (Å²) in [7, 11) is 1.65.